The molecule has 160 valence electrons. The summed E-state index contributed by atoms with van der Waals surface area (Å²) in [5, 5.41) is 2.99. The van der Waals surface area contributed by atoms with E-state index >= 15 is 0 Å². The fraction of sp³-hybridized carbons (Fsp3) is 0.652. The summed E-state index contributed by atoms with van der Waals surface area (Å²) >= 11 is 0. The quantitative estimate of drug-likeness (QED) is 0.794. The zero-order valence-electron chi connectivity index (χ0n) is 18.2. The van der Waals surface area contributed by atoms with Gasteiger partial charge in [-0.05, 0) is 44.2 Å². The molecule has 3 amide bonds. The number of likely N-dealkylation sites (N-methyl/N-ethyl adjacent to an activating group) is 1. The molecule has 1 saturated carbocycles. The van der Waals surface area contributed by atoms with E-state index < -0.39 is 0 Å². The highest BCUT2D eigenvalue weighted by atomic mass is 16.2. The van der Waals surface area contributed by atoms with Gasteiger partial charge in [0.2, 0.25) is 5.91 Å². The number of aryl methyl sites for hydroxylation is 1. The highest BCUT2D eigenvalue weighted by Crippen LogP contribution is 2.32. The molecule has 1 saturated heterocycles. The molecule has 2 fully saturated rings. The first kappa shape index (κ1) is 21.6. The molecular formula is C23H36N4O2. The molecule has 1 aliphatic heterocycles. The lowest BCUT2D eigenvalue weighted by Gasteiger charge is -2.41. The number of hydrogen-bond donors (Lipinski definition) is 1. The molecule has 1 N–H and O–H groups in total. The molecule has 6 nitrogen and oxygen atoms in total. The van der Waals surface area contributed by atoms with Crippen molar-refractivity contribution in [3.05, 3.63) is 29.8 Å². The van der Waals surface area contributed by atoms with Crippen molar-refractivity contribution in [2.75, 3.05) is 45.1 Å². The van der Waals surface area contributed by atoms with Gasteiger partial charge in [0.15, 0.2) is 0 Å². The van der Waals surface area contributed by atoms with Crippen LogP contribution in [0.4, 0.5) is 10.5 Å². The summed E-state index contributed by atoms with van der Waals surface area (Å²) in [5.41, 5.74) is 2.00. The number of hydrogen-bond acceptors (Lipinski definition) is 3. The van der Waals surface area contributed by atoms with E-state index in [4.69, 9.17) is 0 Å². The lowest BCUT2D eigenvalue weighted by atomic mass is 9.94. The molecule has 0 spiro atoms. The van der Waals surface area contributed by atoms with Crippen LogP contribution in [-0.4, -0.2) is 72.5 Å². The summed E-state index contributed by atoms with van der Waals surface area (Å²) in [6, 6.07) is 7.77. The molecule has 6 heteroatoms. The highest BCUT2D eigenvalue weighted by molar-refractivity contribution is 5.89. The Balaban J connectivity index is 1.59. The van der Waals surface area contributed by atoms with Crippen molar-refractivity contribution >= 4 is 17.6 Å². The normalized spacial score (nSPS) is 19.2. The van der Waals surface area contributed by atoms with Gasteiger partial charge in [0.1, 0.15) is 0 Å². The third-order valence-electron chi connectivity index (χ3n) is 6.33. The average molecular weight is 401 g/mol. The molecule has 1 atom stereocenters. The van der Waals surface area contributed by atoms with Gasteiger partial charge in [0, 0.05) is 45.5 Å². The second-order valence-corrected chi connectivity index (χ2v) is 8.57. The van der Waals surface area contributed by atoms with E-state index in [9.17, 15) is 9.59 Å². The third kappa shape index (κ3) is 5.50. The van der Waals surface area contributed by atoms with Crippen LogP contribution in [0.1, 0.15) is 44.6 Å². The summed E-state index contributed by atoms with van der Waals surface area (Å²) in [4.78, 5) is 31.9. The molecule has 1 aromatic rings. The van der Waals surface area contributed by atoms with E-state index in [1.807, 2.05) is 48.0 Å². The number of urea groups is 1. The first-order valence-electron chi connectivity index (χ1n) is 11.1. The molecule has 1 aromatic carbocycles. The monoisotopic (exact) mass is 400 g/mol. The van der Waals surface area contributed by atoms with Crippen molar-refractivity contribution in [1.82, 2.24) is 14.7 Å². The Morgan fingerprint density at radius 1 is 1.10 bits per heavy atom. The van der Waals surface area contributed by atoms with E-state index in [1.54, 1.807) is 0 Å². The van der Waals surface area contributed by atoms with Gasteiger partial charge in [-0.2, -0.15) is 0 Å². The van der Waals surface area contributed by atoms with Gasteiger partial charge in [0.05, 0.1) is 6.04 Å². The molecular weight excluding hydrogens is 364 g/mol. The smallest absolute Gasteiger partial charge is 0.321 e. The van der Waals surface area contributed by atoms with E-state index in [0.29, 0.717) is 19.0 Å². The Morgan fingerprint density at radius 3 is 2.31 bits per heavy atom. The van der Waals surface area contributed by atoms with Crippen LogP contribution >= 0.6 is 0 Å². The minimum atomic E-state index is -0.0552. The maximum Gasteiger partial charge on any atom is 0.321 e. The molecule has 29 heavy (non-hydrogen) atoms. The standard InChI is InChI=1S/C23H36N4O2/c1-4-13-25(3)22(28)21(19-7-5-6-8-19)26-14-16-27(17-15-26)23(29)24-20-11-9-18(2)10-12-20/h9-12,19,21H,4-8,13-17H2,1-3H3,(H,24,29)/t21-/m1/s1. The highest BCUT2D eigenvalue weighted by Gasteiger charge is 2.38. The Morgan fingerprint density at radius 2 is 1.72 bits per heavy atom. The minimum absolute atomic E-state index is 0.0311. The number of benzene rings is 1. The van der Waals surface area contributed by atoms with Gasteiger partial charge < -0.3 is 15.1 Å². The van der Waals surface area contributed by atoms with Gasteiger partial charge in [-0.1, -0.05) is 37.5 Å². The molecule has 2 aliphatic rings. The zero-order chi connectivity index (χ0) is 20.8. The summed E-state index contributed by atoms with van der Waals surface area (Å²) in [5.74, 6) is 0.714. The first-order valence-corrected chi connectivity index (χ1v) is 11.1. The van der Waals surface area contributed by atoms with Crippen LogP contribution in [0.5, 0.6) is 0 Å². The number of carbonyl (C=O) groups is 2. The second kappa shape index (κ2) is 10.1. The van der Waals surface area contributed by atoms with Crippen LogP contribution in [0.15, 0.2) is 24.3 Å². The van der Waals surface area contributed by atoms with E-state index in [0.717, 1.165) is 44.6 Å². The van der Waals surface area contributed by atoms with Crippen LogP contribution in [0.25, 0.3) is 0 Å². The predicted molar refractivity (Wildman–Crippen MR) is 117 cm³/mol. The largest absolute Gasteiger partial charge is 0.344 e. The number of anilines is 1. The van der Waals surface area contributed by atoms with E-state index in [-0.39, 0.29) is 18.0 Å². The van der Waals surface area contributed by atoms with Gasteiger partial charge in [-0.3, -0.25) is 9.69 Å². The first-order chi connectivity index (χ1) is 14.0. The lowest BCUT2D eigenvalue weighted by Crippen LogP contribution is -2.58. The topological polar surface area (TPSA) is 55.9 Å². The fourth-order valence-electron chi connectivity index (χ4n) is 4.64. The Labute approximate surface area is 175 Å². The van der Waals surface area contributed by atoms with Crippen molar-refractivity contribution in [2.24, 2.45) is 5.92 Å². The summed E-state index contributed by atoms with van der Waals surface area (Å²) in [6.07, 6.45) is 5.72. The third-order valence-corrected chi connectivity index (χ3v) is 6.33. The maximum atomic E-state index is 13.2. The molecule has 3 rings (SSSR count). The van der Waals surface area contributed by atoms with Crippen molar-refractivity contribution in [3.8, 4) is 0 Å². The number of carbonyl (C=O) groups excluding carboxylic acids is 2. The van der Waals surface area contributed by atoms with Crippen molar-refractivity contribution in [2.45, 2.75) is 52.0 Å². The summed E-state index contributed by atoms with van der Waals surface area (Å²) in [7, 11) is 1.93. The number of piperazine rings is 1. The second-order valence-electron chi connectivity index (χ2n) is 8.57. The van der Waals surface area contributed by atoms with Gasteiger partial charge in [-0.25, -0.2) is 4.79 Å². The lowest BCUT2D eigenvalue weighted by molar-refractivity contribution is -0.138. The van der Waals surface area contributed by atoms with Gasteiger partial charge in [0.25, 0.3) is 0 Å². The maximum absolute atomic E-state index is 13.2. The summed E-state index contributed by atoms with van der Waals surface area (Å²) < 4.78 is 0. The number of nitrogens with zero attached hydrogens (tertiary/aromatic N) is 3. The SMILES string of the molecule is CCCN(C)C(=O)[C@@H](C1CCCC1)N1CCN(C(=O)Nc2ccc(C)cc2)CC1. The van der Waals surface area contributed by atoms with Crippen LogP contribution in [0.3, 0.4) is 0 Å². The van der Waals surface area contributed by atoms with Crippen LogP contribution in [-0.2, 0) is 4.79 Å². The Hall–Kier alpha value is -2.08. The van der Waals surface area contributed by atoms with Crippen LogP contribution in [0, 0.1) is 12.8 Å². The molecule has 0 bridgehead atoms. The number of rotatable bonds is 6. The summed E-state index contributed by atoms with van der Waals surface area (Å²) in [6.45, 7) is 7.78. The molecule has 1 aliphatic carbocycles. The predicted octanol–water partition coefficient (Wildman–Crippen LogP) is 3.57. The van der Waals surface area contributed by atoms with Gasteiger partial charge in [-0.15, -0.1) is 0 Å². The van der Waals surface area contributed by atoms with Crippen LogP contribution in [0.2, 0.25) is 0 Å². The molecule has 0 radical (unpaired) electrons. The van der Waals surface area contributed by atoms with Gasteiger partial charge >= 0.3 is 6.03 Å². The van der Waals surface area contributed by atoms with E-state index in [1.165, 1.54) is 18.4 Å². The van der Waals surface area contributed by atoms with Crippen molar-refractivity contribution < 1.29 is 9.59 Å². The molecule has 0 unspecified atom stereocenters. The minimum Gasteiger partial charge on any atom is -0.344 e. The number of nitrogens with one attached hydrogen (secondary N) is 1. The van der Waals surface area contributed by atoms with Crippen molar-refractivity contribution in [3.63, 3.8) is 0 Å². The molecule has 1 heterocycles. The molecule has 0 aromatic heterocycles. The zero-order valence-corrected chi connectivity index (χ0v) is 18.2. The van der Waals surface area contributed by atoms with E-state index in [2.05, 4.69) is 17.1 Å². The average Bonchev–Trinajstić information content (AvgIpc) is 3.25. The Kier molecular flexibility index (Phi) is 7.53. The number of amides is 3. The fourth-order valence-corrected chi connectivity index (χ4v) is 4.64. The van der Waals surface area contributed by atoms with Crippen molar-refractivity contribution in [1.29, 1.82) is 0 Å². The Bertz CT molecular complexity index is 677. The van der Waals surface area contributed by atoms with Crippen LogP contribution < -0.4 is 5.32 Å².